The standard InChI is InChI=1S/C14H11N3O3S/c1-2-19-14(18)13-17-16-12(20-13)11-5-3-4-10(15-11)9-6-7-21-8-9/h3-8H,2H2,1H3. The zero-order valence-electron chi connectivity index (χ0n) is 11.1. The number of carbonyl (C=O) groups is 1. The van der Waals surface area contributed by atoms with Crippen LogP contribution in [0.25, 0.3) is 22.8 Å². The molecule has 0 fully saturated rings. The summed E-state index contributed by atoms with van der Waals surface area (Å²) in [4.78, 5) is 16.0. The number of carbonyl (C=O) groups excluding carboxylic acids is 1. The van der Waals surface area contributed by atoms with E-state index in [0.717, 1.165) is 11.3 Å². The lowest BCUT2D eigenvalue weighted by molar-refractivity contribution is 0.0481. The molecule has 0 spiro atoms. The first-order valence-corrected chi connectivity index (χ1v) is 7.23. The minimum atomic E-state index is -0.634. The number of aromatic nitrogens is 3. The maximum Gasteiger partial charge on any atom is 0.396 e. The fourth-order valence-electron chi connectivity index (χ4n) is 1.73. The molecule has 3 rings (SSSR count). The molecule has 3 aromatic rings. The lowest BCUT2D eigenvalue weighted by atomic mass is 10.2. The molecule has 0 aliphatic heterocycles. The summed E-state index contributed by atoms with van der Waals surface area (Å²) in [5, 5.41) is 11.5. The molecule has 3 aromatic heterocycles. The Hall–Kier alpha value is -2.54. The molecule has 0 amide bonds. The van der Waals surface area contributed by atoms with Gasteiger partial charge in [-0.1, -0.05) is 6.07 Å². The van der Waals surface area contributed by atoms with Crippen molar-refractivity contribution in [2.24, 2.45) is 0 Å². The highest BCUT2D eigenvalue weighted by Crippen LogP contribution is 2.23. The third kappa shape index (κ3) is 2.82. The first-order chi connectivity index (χ1) is 10.3. The molecule has 0 bridgehead atoms. The minimum absolute atomic E-state index is 0.172. The van der Waals surface area contributed by atoms with Crippen LogP contribution < -0.4 is 0 Å². The second-order valence-electron chi connectivity index (χ2n) is 4.05. The summed E-state index contributed by atoms with van der Waals surface area (Å²) in [5.41, 5.74) is 2.35. The van der Waals surface area contributed by atoms with Crippen molar-refractivity contribution in [2.45, 2.75) is 6.92 Å². The SMILES string of the molecule is CCOC(=O)c1nnc(-c2cccc(-c3ccsc3)n2)o1. The molecule has 0 saturated heterocycles. The quantitative estimate of drug-likeness (QED) is 0.689. The van der Waals surface area contributed by atoms with Crippen LogP contribution in [0.3, 0.4) is 0 Å². The predicted molar refractivity (Wildman–Crippen MR) is 76.8 cm³/mol. The van der Waals surface area contributed by atoms with Crippen LogP contribution in [0.1, 0.15) is 17.6 Å². The molecule has 3 heterocycles. The highest BCUT2D eigenvalue weighted by atomic mass is 32.1. The number of hydrogen-bond donors (Lipinski definition) is 0. The van der Waals surface area contributed by atoms with Gasteiger partial charge in [-0.15, -0.1) is 10.2 Å². The van der Waals surface area contributed by atoms with E-state index in [4.69, 9.17) is 9.15 Å². The van der Waals surface area contributed by atoms with Crippen LogP contribution in [0.5, 0.6) is 0 Å². The van der Waals surface area contributed by atoms with E-state index in [1.807, 2.05) is 29.0 Å². The zero-order chi connectivity index (χ0) is 14.7. The van der Waals surface area contributed by atoms with E-state index in [-0.39, 0.29) is 18.4 Å². The average Bonchev–Trinajstić information content (AvgIpc) is 3.19. The molecule has 0 atom stereocenters. The number of rotatable bonds is 4. The van der Waals surface area contributed by atoms with E-state index in [1.165, 1.54) is 0 Å². The van der Waals surface area contributed by atoms with Crippen LogP contribution in [0.4, 0.5) is 0 Å². The van der Waals surface area contributed by atoms with Gasteiger partial charge in [0.1, 0.15) is 5.69 Å². The summed E-state index contributed by atoms with van der Waals surface area (Å²) in [5.74, 6) is -0.616. The molecule has 0 aliphatic carbocycles. The molecule has 7 heteroatoms. The number of esters is 1. The van der Waals surface area contributed by atoms with Crippen LogP contribution in [0.2, 0.25) is 0 Å². The number of ether oxygens (including phenoxy) is 1. The van der Waals surface area contributed by atoms with Gasteiger partial charge >= 0.3 is 11.9 Å². The largest absolute Gasteiger partial charge is 0.459 e. The highest BCUT2D eigenvalue weighted by molar-refractivity contribution is 7.08. The molecule has 0 aliphatic rings. The Morgan fingerprint density at radius 3 is 2.90 bits per heavy atom. The van der Waals surface area contributed by atoms with E-state index < -0.39 is 5.97 Å². The fraction of sp³-hybridized carbons (Fsp3) is 0.143. The summed E-state index contributed by atoms with van der Waals surface area (Å²) < 4.78 is 10.1. The predicted octanol–water partition coefficient (Wildman–Crippen LogP) is 3.04. The molecular weight excluding hydrogens is 290 g/mol. The van der Waals surface area contributed by atoms with Crippen molar-refractivity contribution in [1.82, 2.24) is 15.2 Å². The Kier molecular flexibility index (Phi) is 3.74. The van der Waals surface area contributed by atoms with E-state index in [1.54, 1.807) is 24.3 Å². The van der Waals surface area contributed by atoms with Gasteiger partial charge in [0.15, 0.2) is 0 Å². The summed E-state index contributed by atoms with van der Waals surface area (Å²) in [6, 6.07) is 7.48. The number of nitrogens with zero attached hydrogens (tertiary/aromatic N) is 3. The van der Waals surface area contributed by atoms with Crippen molar-refractivity contribution >= 4 is 17.3 Å². The average molecular weight is 301 g/mol. The van der Waals surface area contributed by atoms with Crippen molar-refractivity contribution in [3.63, 3.8) is 0 Å². The second kappa shape index (κ2) is 5.84. The summed E-state index contributed by atoms with van der Waals surface area (Å²) in [6.45, 7) is 1.96. The van der Waals surface area contributed by atoms with Gasteiger partial charge in [-0.25, -0.2) is 9.78 Å². The van der Waals surface area contributed by atoms with Gasteiger partial charge in [-0.2, -0.15) is 11.3 Å². The van der Waals surface area contributed by atoms with Gasteiger partial charge < -0.3 is 9.15 Å². The normalized spacial score (nSPS) is 10.5. The third-order valence-electron chi connectivity index (χ3n) is 2.66. The monoisotopic (exact) mass is 301 g/mol. The van der Waals surface area contributed by atoms with Crippen LogP contribution >= 0.6 is 11.3 Å². The topological polar surface area (TPSA) is 78.1 Å². The Balaban J connectivity index is 1.91. The molecule has 0 saturated carbocycles. The highest BCUT2D eigenvalue weighted by Gasteiger charge is 2.17. The molecule has 21 heavy (non-hydrogen) atoms. The van der Waals surface area contributed by atoms with Crippen LogP contribution in [-0.4, -0.2) is 27.8 Å². The maximum absolute atomic E-state index is 11.5. The zero-order valence-corrected chi connectivity index (χ0v) is 12.0. The summed E-state index contributed by atoms with van der Waals surface area (Å²) in [6.07, 6.45) is 0. The maximum atomic E-state index is 11.5. The Morgan fingerprint density at radius 1 is 1.29 bits per heavy atom. The lowest BCUT2D eigenvalue weighted by Crippen LogP contribution is -2.04. The summed E-state index contributed by atoms with van der Waals surface area (Å²) in [7, 11) is 0. The van der Waals surface area contributed by atoms with E-state index in [0.29, 0.717) is 5.69 Å². The van der Waals surface area contributed by atoms with E-state index in [2.05, 4.69) is 15.2 Å². The van der Waals surface area contributed by atoms with Crippen molar-refractivity contribution in [3.05, 3.63) is 40.9 Å². The number of thiophene rings is 1. The van der Waals surface area contributed by atoms with Gasteiger partial charge in [-0.05, 0) is 30.5 Å². The molecule has 6 nitrogen and oxygen atoms in total. The molecule has 0 radical (unpaired) electrons. The first-order valence-electron chi connectivity index (χ1n) is 6.28. The number of pyridine rings is 1. The molecular formula is C14H11N3O3S. The van der Waals surface area contributed by atoms with Crippen molar-refractivity contribution in [2.75, 3.05) is 6.61 Å². The van der Waals surface area contributed by atoms with Crippen molar-refractivity contribution < 1.29 is 13.9 Å². The van der Waals surface area contributed by atoms with Gasteiger partial charge in [-0.3, -0.25) is 0 Å². The minimum Gasteiger partial charge on any atom is -0.459 e. The van der Waals surface area contributed by atoms with Gasteiger partial charge in [0.05, 0.1) is 12.3 Å². The lowest BCUT2D eigenvalue weighted by Gasteiger charge is -1.99. The van der Waals surface area contributed by atoms with Gasteiger partial charge in [0.25, 0.3) is 5.89 Å². The van der Waals surface area contributed by atoms with E-state index >= 15 is 0 Å². The molecule has 0 unspecified atom stereocenters. The first kappa shape index (κ1) is 13.4. The molecule has 106 valence electrons. The molecule has 0 aromatic carbocycles. The Labute approximate surface area is 124 Å². The van der Waals surface area contributed by atoms with Crippen molar-refractivity contribution in [1.29, 1.82) is 0 Å². The van der Waals surface area contributed by atoms with Gasteiger partial charge in [0, 0.05) is 10.9 Å². The number of hydrogen-bond acceptors (Lipinski definition) is 7. The van der Waals surface area contributed by atoms with Crippen LogP contribution in [0.15, 0.2) is 39.4 Å². The van der Waals surface area contributed by atoms with E-state index in [9.17, 15) is 4.79 Å². The summed E-state index contributed by atoms with van der Waals surface area (Å²) >= 11 is 1.60. The Bertz CT molecular complexity index is 752. The van der Waals surface area contributed by atoms with Crippen molar-refractivity contribution in [3.8, 4) is 22.8 Å². The fourth-order valence-corrected chi connectivity index (χ4v) is 2.38. The van der Waals surface area contributed by atoms with Crippen LogP contribution in [0, 0.1) is 0 Å². The van der Waals surface area contributed by atoms with Crippen LogP contribution in [-0.2, 0) is 4.74 Å². The second-order valence-corrected chi connectivity index (χ2v) is 4.83. The third-order valence-corrected chi connectivity index (χ3v) is 3.34. The smallest absolute Gasteiger partial charge is 0.396 e. The Morgan fingerprint density at radius 2 is 2.14 bits per heavy atom. The van der Waals surface area contributed by atoms with Gasteiger partial charge in [0.2, 0.25) is 0 Å². The molecule has 0 N–H and O–H groups in total.